The molecule has 1 heterocycles. The van der Waals surface area contributed by atoms with E-state index in [1.807, 2.05) is 0 Å². The second-order valence-electron chi connectivity index (χ2n) is 4.82. The number of methoxy groups -OCH3 is 1. The molecule has 10 heteroatoms. The number of halogens is 4. The number of rotatable bonds is 5. The van der Waals surface area contributed by atoms with Gasteiger partial charge in [-0.2, -0.15) is 0 Å². The lowest BCUT2D eigenvalue weighted by atomic mass is 10.1. The maximum Gasteiger partial charge on any atom is 0.305 e. The van der Waals surface area contributed by atoms with Crippen LogP contribution < -0.4 is 0 Å². The third-order valence-corrected chi connectivity index (χ3v) is 5.16. The lowest BCUT2D eigenvalue weighted by Gasteiger charge is -2.12. The minimum Gasteiger partial charge on any atom is -0.469 e. The topological polar surface area (TPSA) is 80.8 Å². The van der Waals surface area contributed by atoms with Crippen molar-refractivity contribution in [1.82, 2.24) is 4.90 Å². The number of carbonyl (C=O) groups excluding carboxylic acids is 4. The molecule has 1 aliphatic heterocycles. The van der Waals surface area contributed by atoms with Crippen LogP contribution in [0.4, 0.5) is 0 Å². The predicted molar refractivity (Wildman–Crippen MR) is 88.1 cm³/mol. The fourth-order valence-corrected chi connectivity index (χ4v) is 3.15. The molecule has 0 N–H and O–H groups in total. The Morgan fingerprint density at radius 2 is 1.33 bits per heavy atom. The van der Waals surface area contributed by atoms with Crippen LogP contribution >= 0.6 is 46.4 Å². The highest BCUT2D eigenvalue weighted by atomic mass is 35.5. The van der Waals surface area contributed by atoms with E-state index in [-0.39, 0.29) is 44.1 Å². The first kappa shape index (κ1) is 19.0. The second-order valence-corrected chi connectivity index (χ2v) is 6.33. The maximum atomic E-state index is 12.4. The minimum absolute atomic E-state index is 0.151. The monoisotopic (exact) mass is 411 g/mol. The van der Waals surface area contributed by atoms with Crippen LogP contribution in [-0.4, -0.2) is 42.1 Å². The zero-order chi connectivity index (χ0) is 18.2. The van der Waals surface area contributed by atoms with Gasteiger partial charge in [-0.3, -0.25) is 24.1 Å². The molecule has 1 aromatic carbocycles. The molecule has 0 radical (unpaired) electrons. The third kappa shape index (κ3) is 3.24. The quantitative estimate of drug-likeness (QED) is 0.320. The predicted octanol–water partition coefficient (Wildman–Crippen LogP) is 3.42. The number of hydrogen-bond acceptors (Lipinski definition) is 5. The summed E-state index contributed by atoms with van der Waals surface area (Å²) in [7, 11) is 1.19. The average molecular weight is 413 g/mol. The van der Waals surface area contributed by atoms with Gasteiger partial charge in [0.05, 0.1) is 51.3 Å². The van der Waals surface area contributed by atoms with Crippen LogP contribution in [-0.2, 0) is 14.3 Å². The first-order valence-electron chi connectivity index (χ1n) is 6.51. The largest absolute Gasteiger partial charge is 0.469 e. The molecule has 0 saturated heterocycles. The number of nitrogens with zero attached hydrogens (tertiary/aromatic N) is 1. The van der Waals surface area contributed by atoms with Crippen LogP contribution in [0, 0.1) is 0 Å². The Morgan fingerprint density at radius 1 is 0.875 bits per heavy atom. The summed E-state index contributed by atoms with van der Waals surface area (Å²) >= 11 is 23.7. The van der Waals surface area contributed by atoms with Crippen molar-refractivity contribution in [1.29, 1.82) is 0 Å². The van der Waals surface area contributed by atoms with Crippen LogP contribution in [0.15, 0.2) is 0 Å². The smallest absolute Gasteiger partial charge is 0.305 e. The Bertz CT molecular complexity index is 730. The number of Topliss-reactive ketones (excluding diaryl/α,β-unsaturated/α-hetero) is 1. The van der Waals surface area contributed by atoms with Crippen LogP contribution in [0.5, 0.6) is 0 Å². The van der Waals surface area contributed by atoms with Crippen molar-refractivity contribution < 1.29 is 23.9 Å². The van der Waals surface area contributed by atoms with E-state index in [4.69, 9.17) is 46.4 Å². The molecule has 0 saturated carbocycles. The normalized spacial score (nSPS) is 13.3. The molecular weight excluding hydrogens is 404 g/mol. The Morgan fingerprint density at radius 3 is 1.75 bits per heavy atom. The molecule has 0 aromatic heterocycles. The first-order valence-corrected chi connectivity index (χ1v) is 8.02. The van der Waals surface area contributed by atoms with Crippen LogP contribution in [0.25, 0.3) is 0 Å². The Labute approximate surface area is 156 Å². The van der Waals surface area contributed by atoms with Gasteiger partial charge in [-0.15, -0.1) is 0 Å². The summed E-state index contributed by atoms with van der Waals surface area (Å²) in [5, 5.41) is -0.711. The van der Waals surface area contributed by atoms with Crippen LogP contribution in [0.3, 0.4) is 0 Å². The van der Waals surface area contributed by atoms with Crippen molar-refractivity contribution in [2.24, 2.45) is 0 Å². The van der Waals surface area contributed by atoms with Gasteiger partial charge in [0.1, 0.15) is 0 Å². The lowest BCUT2D eigenvalue weighted by molar-refractivity contribution is -0.141. The zero-order valence-corrected chi connectivity index (χ0v) is 15.1. The van der Waals surface area contributed by atoms with Gasteiger partial charge in [-0.05, 0) is 0 Å². The van der Waals surface area contributed by atoms with Crippen LogP contribution in [0.2, 0.25) is 20.1 Å². The number of benzene rings is 1. The first-order chi connectivity index (χ1) is 11.2. The summed E-state index contributed by atoms with van der Waals surface area (Å²) in [4.78, 5) is 48.4. The van der Waals surface area contributed by atoms with Crippen molar-refractivity contribution in [3.63, 3.8) is 0 Å². The van der Waals surface area contributed by atoms with E-state index in [9.17, 15) is 19.2 Å². The zero-order valence-electron chi connectivity index (χ0n) is 12.1. The van der Waals surface area contributed by atoms with E-state index in [1.165, 1.54) is 7.11 Å². The van der Waals surface area contributed by atoms with Gasteiger partial charge in [-0.1, -0.05) is 46.4 Å². The number of ether oxygens (including phenoxy) is 1. The highest BCUT2D eigenvalue weighted by Crippen LogP contribution is 2.44. The molecule has 1 aromatic rings. The molecule has 0 aliphatic carbocycles. The standard InChI is InChI=1S/C14H9Cl4NO5/c1-24-6(21)3-2-5(20)4-19-13(22)7-8(14(19)23)10(16)12(18)11(17)9(7)15/h2-4H2,1H3. The van der Waals surface area contributed by atoms with Gasteiger partial charge in [0.15, 0.2) is 5.78 Å². The van der Waals surface area contributed by atoms with E-state index in [1.54, 1.807) is 0 Å². The second kappa shape index (κ2) is 7.27. The molecule has 0 unspecified atom stereocenters. The number of imide groups is 1. The Kier molecular flexibility index (Phi) is 5.75. The number of hydrogen-bond donors (Lipinski definition) is 0. The minimum atomic E-state index is -0.799. The van der Waals surface area contributed by atoms with Crippen molar-refractivity contribution >= 4 is 70.0 Å². The highest BCUT2D eigenvalue weighted by molar-refractivity contribution is 6.55. The summed E-state index contributed by atoms with van der Waals surface area (Å²) < 4.78 is 4.42. The molecule has 2 rings (SSSR count). The molecule has 0 spiro atoms. The van der Waals surface area contributed by atoms with Gasteiger partial charge in [0.25, 0.3) is 11.8 Å². The van der Waals surface area contributed by atoms with Crippen molar-refractivity contribution in [2.75, 3.05) is 13.7 Å². The Hall–Kier alpha value is -1.34. The van der Waals surface area contributed by atoms with Gasteiger partial charge >= 0.3 is 5.97 Å². The molecule has 0 bridgehead atoms. The van der Waals surface area contributed by atoms with Crippen molar-refractivity contribution in [3.05, 3.63) is 31.2 Å². The summed E-state index contributed by atoms with van der Waals surface area (Å²) in [5.74, 6) is -2.67. The fourth-order valence-electron chi connectivity index (χ4n) is 2.14. The number of fused-ring (bicyclic) bond motifs is 1. The van der Waals surface area contributed by atoms with E-state index >= 15 is 0 Å². The van der Waals surface area contributed by atoms with E-state index in [0.717, 1.165) is 0 Å². The van der Waals surface area contributed by atoms with Crippen LogP contribution in [0.1, 0.15) is 33.6 Å². The summed E-state index contributed by atoms with van der Waals surface area (Å²) in [6.07, 6.45) is -0.333. The molecule has 0 atom stereocenters. The van der Waals surface area contributed by atoms with E-state index in [2.05, 4.69) is 4.74 Å². The van der Waals surface area contributed by atoms with Gasteiger partial charge in [-0.25, -0.2) is 0 Å². The van der Waals surface area contributed by atoms with Gasteiger partial charge in [0.2, 0.25) is 0 Å². The Balaban J connectivity index is 2.28. The molecule has 6 nitrogen and oxygen atoms in total. The number of carbonyl (C=O) groups is 4. The van der Waals surface area contributed by atoms with Gasteiger partial charge in [0, 0.05) is 6.42 Å². The SMILES string of the molecule is COC(=O)CCC(=O)CN1C(=O)c2c(Cl)c(Cl)c(Cl)c(Cl)c2C1=O. The molecule has 0 fully saturated rings. The van der Waals surface area contributed by atoms with Crippen molar-refractivity contribution in [2.45, 2.75) is 12.8 Å². The number of esters is 1. The lowest BCUT2D eigenvalue weighted by Crippen LogP contribution is -2.35. The highest BCUT2D eigenvalue weighted by Gasteiger charge is 2.42. The summed E-state index contributed by atoms with van der Waals surface area (Å²) in [5.41, 5.74) is -0.385. The fraction of sp³-hybridized carbons (Fsp3) is 0.286. The number of amides is 2. The molecule has 1 aliphatic rings. The summed E-state index contributed by atoms with van der Waals surface area (Å²) in [6.45, 7) is -0.523. The molecule has 2 amide bonds. The van der Waals surface area contributed by atoms with Crippen molar-refractivity contribution in [3.8, 4) is 0 Å². The number of ketones is 1. The summed E-state index contributed by atoms with van der Waals surface area (Å²) in [6, 6.07) is 0. The van der Waals surface area contributed by atoms with Gasteiger partial charge < -0.3 is 4.74 Å². The van der Waals surface area contributed by atoms with E-state index in [0.29, 0.717) is 4.90 Å². The van der Waals surface area contributed by atoms with E-state index < -0.39 is 30.1 Å². The molecule has 24 heavy (non-hydrogen) atoms. The molecule has 128 valence electrons. The average Bonchev–Trinajstić information content (AvgIpc) is 2.80. The maximum absolute atomic E-state index is 12.4. The third-order valence-electron chi connectivity index (χ3n) is 3.36. The molecular formula is C14H9Cl4NO5.